The fraction of sp³-hybridized carbons (Fsp3) is 0.429. The first kappa shape index (κ1) is 17.9. The Morgan fingerprint density at radius 2 is 2.00 bits per heavy atom. The van der Waals surface area contributed by atoms with E-state index in [1.54, 1.807) is 12.3 Å². The quantitative estimate of drug-likeness (QED) is 0.866. The van der Waals surface area contributed by atoms with Crippen LogP contribution in [-0.4, -0.2) is 40.1 Å². The van der Waals surface area contributed by atoms with Gasteiger partial charge in [-0.2, -0.15) is 0 Å². The van der Waals surface area contributed by atoms with Gasteiger partial charge in [0.05, 0.1) is 12.2 Å². The maximum absolute atomic E-state index is 11.3. The SMILES string of the molecule is CC(C)N1CCC2(CC1)OCc1cc(-c3cnc(N)c(C(=O)O)c3)ccc12. The van der Waals surface area contributed by atoms with Crippen LogP contribution >= 0.6 is 0 Å². The van der Waals surface area contributed by atoms with Crippen LogP contribution in [0.1, 0.15) is 48.2 Å². The fourth-order valence-electron chi connectivity index (χ4n) is 4.25. The summed E-state index contributed by atoms with van der Waals surface area (Å²) in [6.07, 6.45) is 3.63. The number of hydrogen-bond acceptors (Lipinski definition) is 5. The van der Waals surface area contributed by atoms with Crippen molar-refractivity contribution in [3.8, 4) is 11.1 Å². The lowest BCUT2D eigenvalue weighted by Gasteiger charge is -2.41. The number of benzene rings is 1. The Bertz CT molecular complexity index is 886. The van der Waals surface area contributed by atoms with Gasteiger partial charge in [-0.15, -0.1) is 0 Å². The molecule has 0 radical (unpaired) electrons. The number of anilines is 1. The summed E-state index contributed by atoms with van der Waals surface area (Å²) in [5.41, 5.74) is 9.66. The first-order chi connectivity index (χ1) is 12.9. The van der Waals surface area contributed by atoms with Crippen LogP contribution in [0.3, 0.4) is 0 Å². The molecule has 0 saturated carbocycles. The second-order valence-corrected chi connectivity index (χ2v) is 7.75. The monoisotopic (exact) mass is 367 g/mol. The van der Waals surface area contributed by atoms with E-state index >= 15 is 0 Å². The number of nitrogens with zero attached hydrogens (tertiary/aromatic N) is 2. The molecule has 142 valence electrons. The van der Waals surface area contributed by atoms with Crippen molar-refractivity contribution in [1.29, 1.82) is 0 Å². The number of carboxylic acids is 1. The lowest BCUT2D eigenvalue weighted by molar-refractivity contribution is -0.0825. The minimum absolute atomic E-state index is 0.0294. The highest BCUT2D eigenvalue weighted by molar-refractivity contribution is 5.94. The zero-order chi connectivity index (χ0) is 19.2. The topological polar surface area (TPSA) is 88.7 Å². The summed E-state index contributed by atoms with van der Waals surface area (Å²) in [7, 11) is 0. The molecule has 0 atom stereocenters. The van der Waals surface area contributed by atoms with E-state index in [0.717, 1.165) is 37.1 Å². The summed E-state index contributed by atoms with van der Waals surface area (Å²) in [4.78, 5) is 17.9. The molecular weight excluding hydrogens is 342 g/mol. The highest BCUT2D eigenvalue weighted by Crippen LogP contribution is 2.45. The van der Waals surface area contributed by atoms with Crippen LogP contribution in [0.15, 0.2) is 30.5 Å². The number of aromatic carboxylic acids is 1. The van der Waals surface area contributed by atoms with Crippen LogP contribution in [0, 0.1) is 0 Å². The maximum Gasteiger partial charge on any atom is 0.339 e. The van der Waals surface area contributed by atoms with Gasteiger partial charge in [-0.25, -0.2) is 9.78 Å². The molecule has 1 aromatic heterocycles. The van der Waals surface area contributed by atoms with Crippen molar-refractivity contribution >= 4 is 11.8 Å². The third-order valence-corrected chi connectivity index (χ3v) is 5.92. The van der Waals surface area contributed by atoms with E-state index < -0.39 is 5.97 Å². The molecule has 1 aromatic carbocycles. The predicted molar refractivity (Wildman–Crippen MR) is 103 cm³/mol. The fourth-order valence-corrected chi connectivity index (χ4v) is 4.25. The molecule has 27 heavy (non-hydrogen) atoms. The second-order valence-electron chi connectivity index (χ2n) is 7.75. The summed E-state index contributed by atoms with van der Waals surface area (Å²) in [6.45, 7) is 7.16. The minimum atomic E-state index is -1.07. The summed E-state index contributed by atoms with van der Waals surface area (Å²) in [5.74, 6) is -1.03. The average Bonchev–Trinajstić information content (AvgIpc) is 3.00. The van der Waals surface area contributed by atoms with Crippen LogP contribution in [0.25, 0.3) is 11.1 Å². The summed E-state index contributed by atoms with van der Waals surface area (Å²) in [6, 6.07) is 8.41. The number of rotatable bonds is 3. The van der Waals surface area contributed by atoms with Gasteiger partial charge in [0.2, 0.25) is 0 Å². The number of likely N-dealkylation sites (tertiary alicyclic amines) is 1. The Labute approximate surface area is 159 Å². The summed E-state index contributed by atoms with van der Waals surface area (Å²) >= 11 is 0. The lowest BCUT2D eigenvalue weighted by atomic mass is 9.82. The average molecular weight is 367 g/mol. The number of pyridine rings is 1. The lowest BCUT2D eigenvalue weighted by Crippen LogP contribution is -2.45. The largest absolute Gasteiger partial charge is 0.478 e. The molecule has 6 heteroatoms. The highest BCUT2D eigenvalue weighted by atomic mass is 16.5. The summed E-state index contributed by atoms with van der Waals surface area (Å²) in [5, 5.41) is 9.27. The maximum atomic E-state index is 11.3. The van der Waals surface area contributed by atoms with Crippen molar-refractivity contribution in [3.63, 3.8) is 0 Å². The molecule has 0 amide bonds. The van der Waals surface area contributed by atoms with Gasteiger partial charge in [-0.3, -0.25) is 0 Å². The van der Waals surface area contributed by atoms with E-state index in [-0.39, 0.29) is 17.0 Å². The molecule has 2 aromatic rings. The normalized spacial score (nSPS) is 18.8. The molecule has 0 aliphatic carbocycles. The van der Waals surface area contributed by atoms with Gasteiger partial charge in [0.15, 0.2) is 0 Å². The Kier molecular flexibility index (Phi) is 4.40. The van der Waals surface area contributed by atoms with E-state index in [0.29, 0.717) is 12.6 Å². The molecule has 4 rings (SSSR count). The van der Waals surface area contributed by atoms with Gasteiger partial charge >= 0.3 is 5.97 Å². The highest BCUT2D eigenvalue weighted by Gasteiger charge is 2.42. The van der Waals surface area contributed by atoms with Crippen LogP contribution in [-0.2, 0) is 16.9 Å². The smallest absolute Gasteiger partial charge is 0.339 e. The zero-order valence-electron chi connectivity index (χ0n) is 15.7. The van der Waals surface area contributed by atoms with Crippen LogP contribution < -0.4 is 5.73 Å². The standard InChI is InChI=1S/C21H25N3O3/c1-13(2)24-7-5-21(6-8-24)18-4-3-14(9-16(18)12-27-21)15-10-17(20(25)26)19(22)23-11-15/h3-4,9-11,13H,5-8,12H2,1-2H3,(H2,22,23)(H,25,26). The molecular formula is C21H25N3O3. The number of aromatic nitrogens is 1. The molecule has 1 spiro atoms. The predicted octanol–water partition coefficient (Wildman–Crippen LogP) is 3.26. The number of carbonyl (C=O) groups is 1. The van der Waals surface area contributed by atoms with Crippen LogP contribution in [0.5, 0.6) is 0 Å². The number of carboxylic acid groups (broad SMARTS) is 1. The Morgan fingerprint density at radius 3 is 2.67 bits per heavy atom. The Hall–Kier alpha value is -2.44. The third kappa shape index (κ3) is 3.09. The third-order valence-electron chi connectivity index (χ3n) is 5.92. The molecule has 2 aliphatic heterocycles. The van der Waals surface area contributed by atoms with Crippen molar-refractivity contribution in [2.24, 2.45) is 0 Å². The molecule has 1 saturated heterocycles. The second kappa shape index (κ2) is 6.62. The molecule has 6 nitrogen and oxygen atoms in total. The van der Waals surface area contributed by atoms with E-state index in [4.69, 9.17) is 10.5 Å². The number of nitrogens with two attached hydrogens (primary N) is 1. The number of piperidine rings is 1. The number of fused-ring (bicyclic) bond motifs is 2. The molecule has 0 unspecified atom stereocenters. The molecule has 3 heterocycles. The van der Waals surface area contributed by atoms with Gasteiger partial charge in [0.25, 0.3) is 0 Å². The van der Waals surface area contributed by atoms with Crippen molar-refractivity contribution in [2.45, 2.75) is 44.9 Å². The van der Waals surface area contributed by atoms with Gasteiger partial charge in [0.1, 0.15) is 11.4 Å². The number of nitrogen functional groups attached to an aromatic ring is 1. The molecule has 1 fully saturated rings. The van der Waals surface area contributed by atoms with Gasteiger partial charge in [-0.1, -0.05) is 12.1 Å². The van der Waals surface area contributed by atoms with Gasteiger partial charge in [-0.05, 0) is 55.5 Å². The zero-order valence-corrected chi connectivity index (χ0v) is 15.7. The van der Waals surface area contributed by atoms with Crippen molar-refractivity contribution < 1.29 is 14.6 Å². The number of hydrogen-bond donors (Lipinski definition) is 2. The van der Waals surface area contributed by atoms with Crippen molar-refractivity contribution in [3.05, 3.63) is 47.2 Å². The number of ether oxygens (including phenoxy) is 1. The molecule has 3 N–H and O–H groups in total. The van der Waals surface area contributed by atoms with Gasteiger partial charge < -0.3 is 20.5 Å². The van der Waals surface area contributed by atoms with E-state index in [9.17, 15) is 9.90 Å². The minimum Gasteiger partial charge on any atom is -0.478 e. The van der Waals surface area contributed by atoms with Crippen LogP contribution in [0.2, 0.25) is 0 Å². The van der Waals surface area contributed by atoms with E-state index in [1.165, 1.54) is 11.1 Å². The summed E-state index contributed by atoms with van der Waals surface area (Å²) < 4.78 is 6.30. The first-order valence-corrected chi connectivity index (χ1v) is 9.40. The molecule has 2 aliphatic rings. The van der Waals surface area contributed by atoms with E-state index in [2.05, 4.69) is 35.9 Å². The van der Waals surface area contributed by atoms with Crippen molar-refractivity contribution in [1.82, 2.24) is 9.88 Å². The van der Waals surface area contributed by atoms with E-state index in [1.807, 2.05) is 6.07 Å². The Balaban J connectivity index is 1.63. The van der Waals surface area contributed by atoms with Gasteiger partial charge in [0, 0.05) is 30.9 Å². The molecule has 0 bridgehead atoms. The van der Waals surface area contributed by atoms with Crippen molar-refractivity contribution in [2.75, 3.05) is 18.8 Å². The Morgan fingerprint density at radius 1 is 1.26 bits per heavy atom. The van der Waals surface area contributed by atoms with Crippen LogP contribution in [0.4, 0.5) is 5.82 Å². The first-order valence-electron chi connectivity index (χ1n) is 9.40.